The molecule has 1 aromatic heterocycles. The van der Waals surface area contributed by atoms with Gasteiger partial charge in [0.25, 0.3) is 5.91 Å². The first-order valence-corrected chi connectivity index (χ1v) is 8.71. The summed E-state index contributed by atoms with van der Waals surface area (Å²) in [5.74, 6) is 0.0673. The van der Waals surface area contributed by atoms with Crippen LogP contribution in [0.5, 0.6) is 0 Å². The molecule has 4 rings (SSSR count). The summed E-state index contributed by atoms with van der Waals surface area (Å²) in [6.45, 7) is 6.86. The van der Waals surface area contributed by atoms with Crippen molar-refractivity contribution in [1.29, 1.82) is 0 Å². The number of carbonyl (C=O) groups is 1. The Morgan fingerprint density at radius 3 is 2.75 bits per heavy atom. The Morgan fingerprint density at radius 2 is 2.00 bits per heavy atom. The Morgan fingerprint density at radius 1 is 1.21 bits per heavy atom. The molecule has 2 fully saturated rings. The van der Waals surface area contributed by atoms with Gasteiger partial charge in [-0.05, 0) is 37.9 Å². The van der Waals surface area contributed by atoms with Gasteiger partial charge in [-0.25, -0.2) is 0 Å². The SMILES string of the molecule is Cc1cc(C(=O)N2CCC3(CCN(Cc4ccccc4)C3)C2)n[nH]1. The van der Waals surface area contributed by atoms with Crippen LogP contribution in [0.3, 0.4) is 0 Å². The fourth-order valence-electron chi connectivity index (χ4n) is 4.14. The maximum absolute atomic E-state index is 12.6. The molecule has 1 N–H and O–H groups in total. The van der Waals surface area contributed by atoms with Crippen LogP contribution in [0.4, 0.5) is 0 Å². The lowest BCUT2D eigenvalue weighted by molar-refractivity contribution is 0.0767. The van der Waals surface area contributed by atoms with Gasteiger partial charge in [0, 0.05) is 37.3 Å². The summed E-state index contributed by atoms with van der Waals surface area (Å²) in [6, 6.07) is 12.5. The molecular weight excluding hydrogens is 300 g/mol. The molecule has 0 aliphatic carbocycles. The number of carbonyl (C=O) groups excluding carboxylic acids is 1. The number of hydrogen-bond acceptors (Lipinski definition) is 3. The molecule has 3 heterocycles. The number of nitrogens with zero attached hydrogens (tertiary/aromatic N) is 3. The number of nitrogens with one attached hydrogen (secondary N) is 1. The van der Waals surface area contributed by atoms with Crippen LogP contribution < -0.4 is 0 Å². The number of H-pyrrole nitrogens is 1. The van der Waals surface area contributed by atoms with Gasteiger partial charge in [0.2, 0.25) is 0 Å². The first-order chi connectivity index (χ1) is 11.6. The number of benzene rings is 1. The van der Waals surface area contributed by atoms with E-state index in [-0.39, 0.29) is 11.3 Å². The van der Waals surface area contributed by atoms with Gasteiger partial charge in [-0.3, -0.25) is 14.8 Å². The third-order valence-corrected chi connectivity index (χ3v) is 5.42. The van der Waals surface area contributed by atoms with Crippen LogP contribution >= 0.6 is 0 Å². The van der Waals surface area contributed by atoms with Crippen LogP contribution in [0.15, 0.2) is 36.4 Å². The second-order valence-corrected chi connectivity index (χ2v) is 7.36. The highest BCUT2D eigenvalue weighted by Gasteiger charge is 2.44. The molecule has 1 amide bonds. The minimum absolute atomic E-state index is 0.0673. The van der Waals surface area contributed by atoms with Crippen molar-refractivity contribution in [3.05, 3.63) is 53.3 Å². The van der Waals surface area contributed by atoms with Crippen LogP contribution in [-0.2, 0) is 6.54 Å². The summed E-state index contributed by atoms with van der Waals surface area (Å²) in [5.41, 5.74) is 3.12. The molecule has 0 radical (unpaired) electrons. The van der Waals surface area contributed by atoms with Gasteiger partial charge >= 0.3 is 0 Å². The van der Waals surface area contributed by atoms with E-state index in [1.807, 2.05) is 17.9 Å². The molecule has 2 aliphatic heterocycles. The van der Waals surface area contributed by atoms with Crippen LogP contribution in [0.2, 0.25) is 0 Å². The summed E-state index contributed by atoms with van der Waals surface area (Å²) < 4.78 is 0. The Bertz CT molecular complexity index is 726. The fourth-order valence-corrected chi connectivity index (χ4v) is 4.14. The third kappa shape index (κ3) is 2.96. The largest absolute Gasteiger partial charge is 0.337 e. The topological polar surface area (TPSA) is 52.2 Å². The average Bonchev–Trinajstić information content (AvgIpc) is 3.30. The van der Waals surface area contributed by atoms with E-state index in [0.29, 0.717) is 5.69 Å². The molecule has 5 heteroatoms. The zero-order chi connectivity index (χ0) is 16.6. The number of amides is 1. The number of aryl methyl sites for hydroxylation is 1. The van der Waals surface area contributed by atoms with E-state index in [1.165, 1.54) is 12.0 Å². The average molecular weight is 324 g/mol. The van der Waals surface area contributed by atoms with E-state index in [4.69, 9.17) is 0 Å². The molecular formula is C19H24N4O. The minimum atomic E-state index is 0.0673. The molecule has 1 spiro atoms. The molecule has 2 aliphatic rings. The van der Waals surface area contributed by atoms with Crippen molar-refractivity contribution >= 4 is 5.91 Å². The summed E-state index contributed by atoms with van der Waals surface area (Å²) >= 11 is 0. The molecule has 5 nitrogen and oxygen atoms in total. The highest BCUT2D eigenvalue weighted by atomic mass is 16.2. The normalized spacial score (nSPS) is 24.1. The lowest BCUT2D eigenvalue weighted by Gasteiger charge is -2.24. The van der Waals surface area contributed by atoms with Gasteiger partial charge in [0.05, 0.1) is 0 Å². The van der Waals surface area contributed by atoms with Crippen molar-refractivity contribution in [2.45, 2.75) is 26.3 Å². The first kappa shape index (κ1) is 15.4. The fraction of sp³-hybridized carbons (Fsp3) is 0.474. The van der Waals surface area contributed by atoms with Gasteiger partial charge in [0.15, 0.2) is 0 Å². The molecule has 1 aromatic carbocycles. The predicted octanol–water partition coefficient (Wildman–Crippen LogP) is 2.46. The Balaban J connectivity index is 1.38. The summed E-state index contributed by atoms with van der Waals surface area (Å²) in [5, 5.41) is 6.98. The molecule has 0 saturated carbocycles. The smallest absolute Gasteiger partial charge is 0.274 e. The zero-order valence-corrected chi connectivity index (χ0v) is 14.2. The lowest BCUT2D eigenvalue weighted by atomic mass is 9.86. The van der Waals surface area contributed by atoms with Gasteiger partial charge in [-0.2, -0.15) is 5.10 Å². The summed E-state index contributed by atoms with van der Waals surface area (Å²) in [7, 11) is 0. The standard InChI is InChI=1S/C19H24N4O/c1-15-11-17(21-20-15)18(24)23-10-8-19(14-23)7-9-22(13-19)12-16-5-3-2-4-6-16/h2-6,11H,7-10,12-14H2,1H3,(H,20,21). The van der Waals surface area contributed by atoms with E-state index in [1.54, 1.807) is 0 Å². The molecule has 126 valence electrons. The van der Waals surface area contributed by atoms with Crippen LogP contribution in [0, 0.1) is 12.3 Å². The van der Waals surface area contributed by atoms with Crippen LogP contribution in [0.1, 0.15) is 34.6 Å². The molecule has 1 unspecified atom stereocenters. The zero-order valence-electron chi connectivity index (χ0n) is 14.2. The van der Waals surface area contributed by atoms with E-state index < -0.39 is 0 Å². The highest BCUT2D eigenvalue weighted by Crippen LogP contribution is 2.40. The Labute approximate surface area is 142 Å². The minimum Gasteiger partial charge on any atom is -0.337 e. The van der Waals surface area contributed by atoms with Gasteiger partial charge in [-0.15, -0.1) is 0 Å². The number of hydrogen-bond donors (Lipinski definition) is 1. The number of likely N-dealkylation sites (tertiary alicyclic amines) is 2. The molecule has 2 aromatic rings. The van der Waals surface area contributed by atoms with E-state index >= 15 is 0 Å². The number of aromatic amines is 1. The molecule has 1 atom stereocenters. The monoisotopic (exact) mass is 324 g/mol. The van der Waals surface area contributed by atoms with Gasteiger partial charge in [0.1, 0.15) is 5.69 Å². The Kier molecular flexibility index (Phi) is 3.88. The van der Waals surface area contributed by atoms with Crippen molar-refractivity contribution in [3.8, 4) is 0 Å². The van der Waals surface area contributed by atoms with Gasteiger partial charge in [-0.1, -0.05) is 30.3 Å². The van der Waals surface area contributed by atoms with Crippen molar-refractivity contribution in [2.24, 2.45) is 5.41 Å². The van der Waals surface area contributed by atoms with E-state index in [9.17, 15) is 4.79 Å². The second kappa shape index (κ2) is 6.06. The van der Waals surface area contributed by atoms with Crippen molar-refractivity contribution in [3.63, 3.8) is 0 Å². The van der Waals surface area contributed by atoms with Crippen molar-refractivity contribution < 1.29 is 4.79 Å². The maximum atomic E-state index is 12.6. The summed E-state index contributed by atoms with van der Waals surface area (Å²) in [6.07, 6.45) is 2.29. The van der Waals surface area contributed by atoms with Crippen LogP contribution in [0.25, 0.3) is 0 Å². The molecule has 0 bridgehead atoms. The first-order valence-electron chi connectivity index (χ1n) is 8.71. The third-order valence-electron chi connectivity index (χ3n) is 5.42. The summed E-state index contributed by atoms with van der Waals surface area (Å²) in [4.78, 5) is 17.1. The quantitative estimate of drug-likeness (QED) is 0.943. The number of aromatic nitrogens is 2. The molecule has 2 saturated heterocycles. The molecule has 24 heavy (non-hydrogen) atoms. The second-order valence-electron chi connectivity index (χ2n) is 7.36. The van der Waals surface area contributed by atoms with E-state index in [2.05, 4.69) is 45.4 Å². The van der Waals surface area contributed by atoms with Crippen molar-refractivity contribution in [2.75, 3.05) is 26.2 Å². The van der Waals surface area contributed by atoms with Gasteiger partial charge < -0.3 is 4.90 Å². The Hall–Kier alpha value is -2.14. The van der Waals surface area contributed by atoms with Crippen molar-refractivity contribution in [1.82, 2.24) is 20.0 Å². The predicted molar refractivity (Wildman–Crippen MR) is 92.6 cm³/mol. The number of rotatable bonds is 3. The highest BCUT2D eigenvalue weighted by molar-refractivity contribution is 5.92. The maximum Gasteiger partial charge on any atom is 0.274 e. The lowest BCUT2D eigenvalue weighted by Crippen LogP contribution is -2.34. The van der Waals surface area contributed by atoms with Crippen LogP contribution in [-0.4, -0.2) is 52.1 Å². The van der Waals surface area contributed by atoms with E-state index in [0.717, 1.165) is 44.8 Å².